The van der Waals surface area contributed by atoms with Gasteiger partial charge in [-0.3, -0.25) is 19.2 Å². The maximum absolute atomic E-state index is 13.5. The highest BCUT2D eigenvalue weighted by atomic mass is 16.4. The standard InChI is InChI=1S/C29H37N5O5/c1-4-17(2)25(28(37)32-18(3)29(38)39)34-27(36)24(14-19-10-6-5-7-11-19)33-26(35)22(30)15-20-16-31-23-13-9-8-12-21(20)23/h5-13,16-18,22,24-25,31H,4,14-15,30H2,1-3H3,(H,32,37)(H,33,35)(H,34,36)(H,38,39). The fourth-order valence-corrected chi connectivity index (χ4v) is 4.29. The lowest BCUT2D eigenvalue weighted by Gasteiger charge is -2.27. The number of H-pyrrole nitrogens is 1. The zero-order valence-corrected chi connectivity index (χ0v) is 22.4. The molecule has 0 fully saturated rings. The van der Waals surface area contributed by atoms with E-state index in [9.17, 15) is 24.3 Å². The summed E-state index contributed by atoms with van der Waals surface area (Å²) in [5, 5.41) is 18.1. The number of rotatable bonds is 13. The van der Waals surface area contributed by atoms with E-state index in [0.717, 1.165) is 22.0 Å². The molecule has 2 aromatic carbocycles. The highest BCUT2D eigenvalue weighted by molar-refractivity contribution is 5.94. The largest absolute Gasteiger partial charge is 0.480 e. The van der Waals surface area contributed by atoms with Gasteiger partial charge >= 0.3 is 5.97 Å². The van der Waals surface area contributed by atoms with Crippen molar-refractivity contribution < 1.29 is 24.3 Å². The van der Waals surface area contributed by atoms with Crippen LogP contribution in [0.2, 0.25) is 0 Å². The molecule has 0 aliphatic carbocycles. The van der Waals surface area contributed by atoms with Gasteiger partial charge in [0, 0.05) is 23.5 Å². The molecule has 5 atom stereocenters. The van der Waals surface area contributed by atoms with E-state index in [-0.39, 0.29) is 18.8 Å². The lowest BCUT2D eigenvalue weighted by atomic mass is 9.96. The minimum atomic E-state index is -1.18. The van der Waals surface area contributed by atoms with Crippen LogP contribution in [-0.2, 0) is 32.0 Å². The monoisotopic (exact) mass is 535 g/mol. The summed E-state index contributed by atoms with van der Waals surface area (Å²) in [6, 6.07) is 12.9. The molecule has 10 heteroatoms. The van der Waals surface area contributed by atoms with Crippen LogP contribution in [0.5, 0.6) is 0 Å². The molecule has 10 nitrogen and oxygen atoms in total. The third-order valence-corrected chi connectivity index (χ3v) is 6.89. The van der Waals surface area contributed by atoms with Crippen molar-refractivity contribution in [1.29, 1.82) is 0 Å². The van der Waals surface area contributed by atoms with E-state index in [1.807, 2.05) is 67.7 Å². The minimum absolute atomic E-state index is 0.179. The lowest BCUT2D eigenvalue weighted by molar-refractivity contribution is -0.142. The summed E-state index contributed by atoms with van der Waals surface area (Å²) in [7, 11) is 0. The first-order valence-electron chi connectivity index (χ1n) is 13.1. The van der Waals surface area contributed by atoms with Crippen LogP contribution >= 0.6 is 0 Å². The van der Waals surface area contributed by atoms with Crippen molar-refractivity contribution in [3.63, 3.8) is 0 Å². The Kier molecular flexibility index (Phi) is 10.2. The number of aliphatic carboxylic acids is 1. The normalized spacial score (nSPS) is 15.0. The molecule has 7 N–H and O–H groups in total. The number of benzene rings is 2. The molecule has 1 aromatic heterocycles. The second kappa shape index (κ2) is 13.6. The van der Waals surface area contributed by atoms with Crippen LogP contribution < -0.4 is 21.7 Å². The van der Waals surface area contributed by atoms with Crippen LogP contribution in [0.4, 0.5) is 0 Å². The minimum Gasteiger partial charge on any atom is -0.480 e. The molecule has 0 aliphatic heterocycles. The molecule has 3 rings (SSSR count). The maximum Gasteiger partial charge on any atom is 0.325 e. The molecular weight excluding hydrogens is 498 g/mol. The SMILES string of the molecule is CCC(C)C(NC(=O)C(Cc1ccccc1)NC(=O)C(N)Cc1c[nH]c2ccccc12)C(=O)NC(C)C(=O)O. The van der Waals surface area contributed by atoms with E-state index in [4.69, 9.17) is 5.73 Å². The van der Waals surface area contributed by atoms with Gasteiger partial charge in [0.2, 0.25) is 17.7 Å². The molecule has 0 spiro atoms. The number of aromatic amines is 1. The molecule has 39 heavy (non-hydrogen) atoms. The number of carboxylic acid groups (broad SMARTS) is 1. The summed E-state index contributed by atoms with van der Waals surface area (Å²) in [6.45, 7) is 5.01. The van der Waals surface area contributed by atoms with Crippen LogP contribution in [0.25, 0.3) is 10.9 Å². The van der Waals surface area contributed by atoms with E-state index >= 15 is 0 Å². The first-order chi connectivity index (χ1) is 18.6. The highest BCUT2D eigenvalue weighted by Gasteiger charge is 2.32. The molecule has 5 unspecified atom stereocenters. The summed E-state index contributed by atoms with van der Waals surface area (Å²) in [6.07, 6.45) is 2.82. The van der Waals surface area contributed by atoms with E-state index in [1.165, 1.54) is 6.92 Å². The van der Waals surface area contributed by atoms with Gasteiger partial charge in [0.15, 0.2) is 0 Å². The van der Waals surface area contributed by atoms with Crippen molar-refractivity contribution >= 4 is 34.6 Å². The summed E-state index contributed by atoms with van der Waals surface area (Å²) in [4.78, 5) is 53.9. The van der Waals surface area contributed by atoms with Gasteiger partial charge in [-0.1, -0.05) is 68.8 Å². The molecule has 0 radical (unpaired) electrons. The van der Waals surface area contributed by atoms with Crippen LogP contribution in [0.15, 0.2) is 60.8 Å². The Bertz CT molecular complexity index is 1290. The molecule has 3 amide bonds. The second-order valence-corrected chi connectivity index (χ2v) is 9.86. The van der Waals surface area contributed by atoms with Crippen molar-refractivity contribution in [3.05, 3.63) is 71.9 Å². The fraction of sp³-hybridized carbons (Fsp3) is 0.379. The summed E-state index contributed by atoms with van der Waals surface area (Å²) >= 11 is 0. The average Bonchev–Trinajstić information content (AvgIpc) is 3.33. The Morgan fingerprint density at radius 3 is 2.21 bits per heavy atom. The molecule has 0 saturated carbocycles. The number of hydrogen-bond acceptors (Lipinski definition) is 5. The van der Waals surface area contributed by atoms with Crippen LogP contribution in [0.3, 0.4) is 0 Å². The number of fused-ring (bicyclic) bond motifs is 1. The molecule has 0 saturated heterocycles. The third-order valence-electron chi connectivity index (χ3n) is 6.89. The number of para-hydroxylation sites is 1. The van der Waals surface area contributed by atoms with Crippen LogP contribution in [0, 0.1) is 5.92 Å². The van der Waals surface area contributed by atoms with Crippen molar-refractivity contribution in [2.75, 3.05) is 0 Å². The molecule has 0 aliphatic rings. The molecule has 0 bridgehead atoms. The zero-order chi connectivity index (χ0) is 28.5. The topological polar surface area (TPSA) is 166 Å². The van der Waals surface area contributed by atoms with Gasteiger partial charge in [0.1, 0.15) is 18.1 Å². The number of carbonyl (C=O) groups excluding carboxylic acids is 3. The number of hydrogen-bond donors (Lipinski definition) is 6. The number of carboxylic acids is 1. The van der Waals surface area contributed by atoms with Gasteiger partial charge < -0.3 is 31.8 Å². The van der Waals surface area contributed by atoms with Crippen molar-refractivity contribution in [3.8, 4) is 0 Å². The van der Waals surface area contributed by atoms with E-state index in [0.29, 0.717) is 6.42 Å². The van der Waals surface area contributed by atoms with Crippen molar-refractivity contribution in [2.45, 2.75) is 64.2 Å². The Hall–Kier alpha value is -4.18. The number of aromatic nitrogens is 1. The van der Waals surface area contributed by atoms with Gasteiger partial charge in [0.05, 0.1) is 6.04 Å². The molecule has 208 valence electrons. The van der Waals surface area contributed by atoms with E-state index in [1.54, 1.807) is 6.92 Å². The Labute approximate surface area is 227 Å². The maximum atomic E-state index is 13.5. The number of carbonyl (C=O) groups is 4. The van der Waals surface area contributed by atoms with Gasteiger partial charge in [-0.05, 0) is 36.5 Å². The Morgan fingerprint density at radius 1 is 0.872 bits per heavy atom. The number of amides is 3. The number of nitrogens with one attached hydrogen (secondary N) is 4. The van der Waals surface area contributed by atoms with Crippen LogP contribution in [0.1, 0.15) is 38.3 Å². The van der Waals surface area contributed by atoms with Gasteiger partial charge in [-0.2, -0.15) is 0 Å². The number of nitrogens with two attached hydrogens (primary N) is 1. The second-order valence-electron chi connectivity index (χ2n) is 9.86. The van der Waals surface area contributed by atoms with Crippen LogP contribution in [-0.4, -0.2) is 57.9 Å². The smallest absolute Gasteiger partial charge is 0.325 e. The average molecular weight is 536 g/mol. The van der Waals surface area contributed by atoms with Gasteiger partial charge in [-0.15, -0.1) is 0 Å². The van der Waals surface area contributed by atoms with Gasteiger partial charge in [0.25, 0.3) is 0 Å². The van der Waals surface area contributed by atoms with E-state index in [2.05, 4.69) is 20.9 Å². The molecular formula is C29H37N5O5. The van der Waals surface area contributed by atoms with Crippen molar-refractivity contribution in [2.24, 2.45) is 11.7 Å². The summed E-state index contributed by atoms with van der Waals surface area (Å²) in [5.41, 5.74) is 8.90. The predicted molar refractivity (Wildman–Crippen MR) is 149 cm³/mol. The zero-order valence-electron chi connectivity index (χ0n) is 22.4. The highest BCUT2D eigenvalue weighted by Crippen LogP contribution is 2.19. The first-order valence-corrected chi connectivity index (χ1v) is 13.1. The van der Waals surface area contributed by atoms with Crippen molar-refractivity contribution in [1.82, 2.24) is 20.9 Å². The summed E-state index contributed by atoms with van der Waals surface area (Å²) < 4.78 is 0. The lowest BCUT2D eigenvalue weighted by Crippen LogP contribution is -2.59. The van der Waals surface area contributed by atoms with Gasteiger partial charge in [-0.25, -0.2) is 0 Å². The Balaban J connectivity index is 1.77. The first kappa shape index (κ1) is 29.4. The molecule has 1 heterocycles. The third kappa shape index (κ3) is 7.90. The Morgan fingerprint density at radius 2 is 1.54 bits per heavy atom. The quantitative estimate of drug-likeness (QED) is 0.195. The fourth-order valence-electron chi connectivity index (χ4n) is 4.29. The molecule has 3 aromatic rings. The summed E-state index contributed by atoms with van der Waals surface area (Å²) in [5.74, 6) is -3.13. The van der Waals surface area contributed by atoms with E-state index < -0.39 is 47.9 Å². The predicted octanol–water partition coefficient (Wildman–Crippen LogP) is 1.89.